The van der Waals surface area contributed by atoms with Gasteiger partial charge >= 0.3 is 0 Å². The Kier molecular flexibility index (Phi) is 58.9. The van der Waals surface area contributed by atoms with Crippen LogP contribution in [0, 0.1) is 11.8 Å². The summed E-state index contributed by atoms with van der Waals surface area (Å²) in [5, 5.41) is 0. The van der Waals surface area contributed by atoms with E-state index in [1.165, 1.54) is 45.2 Å². The third kappa shape index (κ3) is 85.5. The maximum Gasteiger partial charge on any atom is 0.142 e. The Morgan fingerprint density at radius 1 is 0.794 bits per heavy atom. The van der Waals surface area contributed by atoms with Crippen molar-refractivity contribution < 1.29 is 4.79 Å². The first-order chi connectivity index (χ1) is 15.4. The molecule has 15 radical (unpaired) electrons. The highest BCUT2D eigenvalue weighted by Gasteiger charge is 2.00. The fraction of sp³-hybridized carbons (Fsp3) is 0.682. The summed E-state index contributed by atoms with van der Waals surface area (Å²) in [5.74, 6) is 1.73. The molecule has 0 aliphatic rings. The SMILES string of the molecule is C.C/C=C/C=C\CCC(C)C.C/C=C/C=O.CCCCC(C)C.[B]B([B])B([B])[B].[B][B]B([B])[B]. The monoisotopic (exact) mass is 445 g/mol. The summed E-state index contributed by atoms with van der Waals surface area (Å²) in [6.07, 6.45) is 17.3. The van der Waals surface area contributed by atoms with Gasteiger partial charge in [0.1, 0.15) is 6.29 Å². The van der Waals surface area contributed by atoms with Crippen LogP contribution < -0.4 is 0 Å². The minimum absolute atomic E-state index is 0. The maximum atomic E-state index is 9.32. The Bertz CT molecular complexity index is 419. The van der Waals surface area contributed by atoms with Gasteiger partial charge in [-0.2, -0.15) is 0 Å². The van der Waals surface area contributed by atoms with E-state index in [9.17, 15) is 4.79 Å². The van der Waals surface area contributed by atoms with Crippen LogP contribution in [0.4, 0.5) is 0 Å². The van der Waals surface area contributed by atoms with Gasteiger partial charge in [-0.1, -0.05) is 91.7 Å². The fourth-order valence-corrected chi connectivity index (χ4v) is 1.41. The lowest BCUT2D eigenvalue weighted by Crippen LogP contribution is -2.38. The summed E-state index contributed by atoms with van der Waals surface area (Å²) < 4.78 is 0. The fourth-order valence-electron chi connectivity index (χ4n) is 1.41. The first-order valence-corrected chi connectivity index (χ1v) is 11.8. The summed E-state index contributed by atoms with van der Waals surface area (Å²) in [7, 11) is 35.6. The molecule has 0 spiro atoms. The van der Waals surface area contributed by atoms with Gasteiger partial charge in [0.15, 0.2) is 0 Å². The van der Waals surface area contributed by atoms with Crippen molar-refractivity contribution in [2.75, 3.05) is 0 Å². The summed E-state index contributed by atoms with van der Waals surface area (Å²) in [5.41, 5.74) is 0. The van der Waals surface area contributed by atoms with Crippen LogP contribution in [0.1, 0.15) is 88.0 Å². The molecule has 0 amide bonds. The van der Waals surface area contributed by atoms with Crippen molar-refractivity contribution in [3.63, 3.8) is 0 Å². The smallest absolute Gasteiger partial charge is 0.142 e. The van der Waals surface area contributed by atoms with Gasteiger partial charge in [-0.15, -0.1) is 0 Å². The number of unbranched alkanes of at least 4 members (excludes halogenated alkanes) is 1. The lowest BCUT2D eigenvalue weighted by Gasteiger charge is -2.00. The first-order valence-electron chi connectivity index (χ1n) is 11.8. The van der Waals surface area contributed by atoms with E-state index in [0.717, 1.165) is 18.1 Å². The summed E-state index contributed by atoms with van der Waals surface area (Å²) in [6, 6.07) is 0. The van der Waals surface area contributed by atoms with Gasteiger partial charge in [-0.05, 0) is 44.6 Å². The van der Waals surface area contributed by atoms with Crippen LogP contribution in [0.3, 0.4) is 0 Å². The lowest BCUT2D eigenvalue weighted by molar-refractivity contribution is -0.104. The second kappa shape index (κ2) is 42.7. The zero-order valence-electron chi connectivity index (χ0n) is 22.5. The number of aldehydes is 1. The molecule has 0 rings (SSSR count). The minimum atomic E-state index is -0.593. The summed E-state index contributed by atoms with van der Waals surface area (Å²) >= 11 is 0. The molecule has 0 heterocycles. The molecular formula is C22H44B11O. The van der Waals surface area contributed by atoms with Gasteiger partial charge in [-0.25, -0.2) is 0 Å². The number of carbonyl (C=O) groups excluding carboxylic acids is 1. The molecule has 0 aromatic carbocycles. The molecule has 1 nitrogen and oxygen atoms in total. The molecule has 0 fully saturated rings. The molecule has 0 aliphatic heterocycles. The van der Waals surface area contributed by atoms with Crippen LogP contribution in [0.2, 0.25) is 0 Å². The summed E-state index contributed by atoms with van der Waals surface area (Å²) in [4.78, 5) is 9.32. The zero-order chi connectivity index (χ0) is 27.1. The highest BCUT2D eigenvalue weighted by atomic mass is 16.1. The molecule has 0 unspecified atom stereocenters. The van der Waals surface area contributed by atoms with Crippen molar-refractivity contribution in [3.05, 3.63) is 36.5 Å². The minimum Gasteiger partial charge on any atom is -0.299 e. The molecular weight excluding hydrogens is 399 g/mol. The van der Waals surface area contributed by atoms with E-state index in [-0.39, 0.29) is 7.43 Å². The van der Waals surface area contributed by atoms with E-state index < -0.39 is 19.2 Å². The Labute approximate surface area is 227 Å². The molecule has 0 aromatic heterocycles. The number of carbonyl (C=O) groups is 1. The van der Waals surface area contributed by atoms with Crippen LogP contribution in [0.25, 0.3) is 0 Å². The average Bonchev–Trinajstić information content (AvgIpc) is 2.74. The predicted molar refractivity (Wildman–Crippen MR) is 173 cm³/mol. The second-order valence-corrected chi connectivity index (χ2v) is 8.05. The van der Waals surface area contributed by atoms with Crippen molar-refractivity contribution >= 4 is 86.7 Å². The molecule has 0 aliphatic carbocycles. The molecule has 34 heavy (non-hydrogen) atoms. The first kappa shape index (κ1) is 46.9. The number of rotatable bonds is 10. The molecule has 0 saturated heterocycles. The van der Waals surface area contributed by atoms with Gasteiger partial charge < -0.3 is 0 Å². The lowest BCUT2D eigenvalue weighted by atomic mass is 8.81. The summed E-state index contributed by atoms with van der Waals surface area (Å²) in [6.45, 7) is 15.1. The highest BCUT2D eigenvalue weighted by molar-refractivity contribution is 7.76. The van der Waals surface area contributed by atoms with Crippen molar-refractivity contribution in [2.45, 2.75) is 88.0 Å². The largest absolute Gasteiger partial charge is 0.299 e. The normalized spacial score (nSPS) is 9.32. The van der Waals surface area contributed by atoms with Crippen molar-refractivity contribution in [1.29, 1.82) is 0 Å². The molecule has 0 N–H and O–H groups in total. The van der Waals surface area contributed by atoms with Crippen molar-refractivity contribution in [3.8, 4) is 0 Å². The number of hydrogen-bond donors (Lipinski definition) is 0. The quantitative estimate of drug-likeness (QED) is 0.218. The van der Waals surface area contributed by atoms with Crippen LogP contribution in [-0.4, -0.2) is 86.7 Å². The van der Waals surface area contributed by atoms with E-state index in [2.05, 4.69) is 52.8 Å². The van der Waals surface area contributed by atoms with E-state index in [0.29, 0.717) is 0 Å². The third-order valence-electron chi connectivity index (χ3n) is 3.42. The second-order valence-electron chi connectivity index (χ2n) is 8.05. The van der Waals surface area contributed by atoms with Gasteiger partial charge in [0, 0.05) is 80.4 Å². The Balaban J connectivity index is -0.0000000736. The van der Waals surface area contributed by atoms with Crippen LogP contribution in [-0.2, 0) is 4.79 Å². The third-order valence-corrected chi connectivity index (χ3v) is 3.42. The Morgan fingerprint density at radius 3 is 1.38 bits per heavy atom. The molecule has 0 atom stereocenters. The topological polar surface area (TPSA) is 17.1 Å². The highest BCUT2D eigenvalue weighted by Crippen LogP contribution is 2.04. The van der Waals surface area contributed by atoms with Crippen LogP contribution >= 0.6 is 0 Å². The van der Waals surface area contributed by atoms with Gasteiger partial charge in [0.05, 0.1) is 0 Å². The molecule has 0 aromatic rings. The van der Waals surface area contributed by atoms with E-state index in [1.807, 2.05) is 13.0 Å². The van der Waals surface area contributed by atoms with E-state index in [1.54, 1.807) is 13.0 Å². The van der Waals surface area contributed by atoms with Crippen LogP contribution in [0.5, 0.6) is 0 Å². The van der Waals surface area contributed by atoms with Gasteiger partial charge in [0.2, 0.25) is 0 Å². The van der Waals surface area contributed by atoms with Crippen molar-refractivity contribution in [1.82, 2.24) is 0 Å². The molecule has 12 heteroatoms. The Morgan fingerprint density at radius 2 is 1.21 bits per heavy atom. The number of hydrogen-bond acceptors (Lipinski definition) is 1. The van der Waals surface area contributed by atoms with Gasteiger partial charge in [-0.3, -0.25) is 4.79 Å². The van der Waals surface area contributed by atoms with Crippen molar-refractivity contribution in [2.24, 2.45) is 11.8 Å². The molecule has 0 bridgehead atoms. The molecule has 0 saturated carbocycles. The standard InChI is InChI=1S/C10H18.C7H16.C4H6O.CH4.B6.B5/c1-4-5-6-7-8-9-10(2)3;1-4-5-6-7(2)3;1-2-3-4-5;;1-5(2)6(3)4;1-4-5(2)3/h4-7,10H,8-9H2,1-3H3;7H,4-6H2,1-3H3;2-4H,1H3;1H4;;/b5-4+,7-6-;;3-2+;;;. The van der Waals surface area contributed by atoms with E-state index in [4.69, 9.17) is 54.2 Å². The Hall–Kier alpha value is -0.396. The van der Waals surface area contributed by atoms with Gasteiger partial charge in [0.25, 0.3) is 0 Å². The van der Waals surface area contributed by atoms with E-state index >= 15 is 0 Å². The zero-order valence-corrected chi connectivity index (χ0v) is 22.5. The predicted octanol–water partition coefficient (Wildman–Crippen LogP) is 3.60. The number of allylic oxidation sites excluding steroid dienone is 6. The maximum absolute atomic E-state index is 9.32. The average molecular weight is 444 g/mol. The van der Waals surface area contributed by atoms with Crippen LogP contribution in [0.15, 0.2) is 36.5 Å². The molecule has 171 valence electrons.